The monoisotopic (exact) mass is 283 g/mol. The van der Waals surface area contributed by atoms with Crippen LogP contribution < -0.4 is 15.5 Å². The molecule has 0 amide bonds. The SMILES string of the molecule is COc1ccc(/C(O)=c2/cnc3cc(C)nn3c2=O)cc1. The van der Waals surface area contributed by atoms with Crippen molar-refractivity contribution in [3.05, 3.63) is 63.4 Å². The normalized spacial score (nSPS) is 12.5. The van der Waals surface area contributed by atoms with Crippen molar-refractivity contribution >= 4 is 11.4 Å². The summed E-state index contributed by atoms with van der Waals surface area (Å²) in [6.45, 7) is 1.78. The van der Waals surface area contributed by atoms with E-state index in [4.69, 9.17) is 4.74 Å². The molecule has 0 atom stereocenters. The highest BCUT2D eigenvalue weighted by atomic mass is 16.5. The Bertz CT molecular complexity index is 914. The first-order valence-electron chi connectivity index (χ1n) is 6.33. The molecular formula is C15H13N3O3. The van der Waals surface area contributed by atoms with Crippen molar-refractivity contribution in [1.29, 1.82) is 0 Å². The number of nitrogens with zero attached hydrogens (tertiary/aromatic N) is 3. The highest BCUT2D eigenvalue weighted by molar-refractivity contribution is 5.59. The van der Waals surface area contributed by atoms with Crippen molar-refractivity contribution in [2.24, 2.45) is 0 Å². The molecule has 6 heteroatoms. The fourth-order valence-electron chi connectivity index (χ4n) is 2.09. The van der Waals surface area contributed by atoms with Crippen LogP contribution in [0.25, 0.3) is 11.4 Å². The number of fused-ring (bicyclic) bond motifs is 1. The van der Waals surface area contributed by atoms with Crippen molar-refractivity contribution in [2.75, 3.05) is 7.11 Å². The molecule has 0 spiro atoms. The number of aromatic nitrogens is 3. The van der Waals surface area contributed by atoms with Gasteiger partial charge in [-0.05, 0) is 31.2 Å². The van der Waals surface area contributed by atoms with Gasteiger partial charge in [0.15, 0.2) is 5.65 Å². The van der Waals surface area contributed by atoms with Crippen molar-refractivity contribution < 1.29 is 9.84 Å². The molecule has 2 aromatic heterocycles. The van der Waals surface area contributed by atoms with Crippen LogP contribution in [0.4, 0.5) is 0 Å². The molecule has 21 heavy (non-hydrogen) atoms. The molecule has 6 nitrogen and oxygen atoms in total. The summed E-state index contributed by atoms with van der Waals surface area (Å²) in [6.07, 6.45) is 1.36. The summed E-state index contributed by atoms with van der Waals surface area (Å²) in [5.74, 6) is 0.537. The van der Waals surface area contributed by atoms with Crippen molar-refractivity contribution in [3.63, 3.8) is 0 Å². The molecule has 0 aliphatic rings. The predicted octanol–water partition coefficient (Wildman–Crippen LogP) is 0.840. The minimum Gasteiger partial charge on any atom is -0.506 e. The molecule has 0 unspecified atom stereocenters. The molecule has 0 fully saturated rings. The molecule has 3 aromatic rings. The van der Waals surface area contributed by atoms with Gasteiger partial charge < -0.3 is 9.84 Å². The van der Waals surface area contributed by atoms with E-state index in [1.165, 1.54) is 10.7 Å². The van der Waals surface area contributed by atoms with E-state index in [-0.39, 0.29) is 11.0 Å². The summed E-state index contributed by atoms with van der Waals surface area (Å²) in [6, 6.07) is 8.47. The van der Waals surface area contributed by atoms with E-state index in [2.05, 4.69) is 10.1 Å². The number of aliphatic hydroxyl groups is 1. The van der Waals surface area contributed by atoms with Gasteiger partial charge in [0.25, 0.3) is 5.56 Å². The third kappa shape index (κ3) is 2.20. The van der Waals surface area contributed by atoms with Crippen LogP contribution in [-0.2, 0) is 0 Å². The first-order valence-corrected chi connectivity index (χ1v) is 6.33. The minimum absolute atomic E-state index is 0.107. The maximum Gasteiger partial charge on any atom is 0.285 e. The molecule has 2 heterocycles. The molecule has 0 saturated carbocycles. The number of hydrogen-bond acceptors (Lipinski definition) is 5. The largest absolute Gasteiger partial charge is 0.506 e. The maximum atomic E-state index is 12.3. The Labute approximate surface area is 119 Å². The number of hydrogen-bond donors (Lipinski definition) is 1. The predicted molar refractivity (Wildman–Crippen MR) is 77.3 cm³/mol. The number of rotatable bonds is 2. The second-order valence-electron chi connectivity index (χ2n) is 4.61. The number of methoxy groups -OCH3 is 1. The Hall–Kier alpha value is -2.89. The Kier molecular flexibility index (Phi) is 3.06. The Morgan fingerprint density at radius 3 is 2.67 bits per heavy atom. The smallest absolute Gasteiger partial charge is 0.285 e. The zero-order valence-electron chi connectivity index (χ0n) is 11.6. The zero-order chi connectivity index (χ0) is 15.0. The van der Waals surface area contributed by atoms with Gasteiger partial charge in [0.2, 0.25) is 0 Å². The number of ether oxygens (including phenoxy) is 1. The average Bonchev–Trinajstić information content (AvgIpc) is 2.89. The van der Waals surface area contributed by atoms with Crippen LogP contribution in [0.5, 0.6) is 5.75 Å². The maximum absolute atomic E-state index is 12.3. The molecule has 0 bridgehead atoms. The molecule has 3 rings (SSSR count). The van der Waals surface area contributed by atoms with E-state index in [0.29, 0.717) is 22.7 Å². The summed E-state index contributed by atoms with van der Waals surface area (Å²) in [4.78, 5) is 16.5. The topological polar surface area (TPSA) is 76.7 Å². The summed E-state index contributed by atoms with van der Waals surface area (Å²) < 4.78 is 6.24. The fraction of sp³-hybridized carbons (Fsp3) is 0.133. The van der Waals surface area contributed by atoms with Gasteiger partial charge in [-0.15, -0.1) is 0 Å². The molecule has 0 radical (unpaired) electrons. The lowest BCUT2D eigenvalue weighted by atomic mass is 10.1. The van der Waals surface area contributed by atoms with Gasteiger partial charge >= 0.3 is 0 Å². The van der Waals surface area contributed by atoms with Crippen molar-refractivity contribution in [2.45, 2.75) is 6.92 Å². The van der Waals surface area contributed by atoms with E-state index in [1.807, 2.05) is 0 Å². The van der Waals surface area contributed by atoms with Crippen LogP contribution in [-0.4, -0.2) is 26.8 Å². The molecule has 0 aliphatic heterocycles. The third-order valence-electron chi connectivity index (χ3n) is 3.18. The highest BCUT2D eigenvalue weighted by Gasteiger charge is 2.08. The number of aryl methyl sites for hydroxylation is 1. The second kappa shape index (κ2) is 4.90. The lowest BCUT2D eigenvalue weighted by molar-refractivity contribution is 0.414. The van der Waals surface area contributed by atoms with Gasteiger partial charge in [-0.3, -0.25) is 4.79 Å². The molecular weight excluding hydrogens is 270 g/mol. The zero-order valence-corrected chi connectivity index (χ0v) is 11.6. The quantitative estimate of drug-likeness (QED) is 0.754. The van der Waals surface area contributed by atoms with E-state index in [1.54, 1.807) is 44.4 Å². The van der Waals surface area contributed by atoms with Crippen LogP contribution in [0.15, 0.2) is 41.3 Å². The van der Waals surface area contributed by atoms with Crippen LogP contribution in [0.2, 0.25) is 0 Å². The summed E-state index contributed by atoms with van der Waals surface area (Å²) in [5, 5.41) is 14.5. The molecule has 0 saturated heterocycles. The third-order valence-corrected chi connectivity index (χ3v) is 3.18. The van der Waals surface area contributed by atoms with Crippen LogP contribution in [0, 0.1) is 6.92 Å². The first-order chi connectivity index (χ1) is 10.1. The lowest BCUT2D eigenvalue weighted by Gasteiger charge is -2.02. The molecule has 0 aliphatic carbocycles. The Morgan fingerprint density at radius 1 is 1.29 bits per heavy atom. The van der Waals surface area contributed by atoms with E-state index >= 15 is 0 Å². The highest BCUT2D eigenvalue weighted by Crippen LogP contribution is 2.14. The Balaban J connectivity index is 2.24. The van der Waals surface area contributed by atoms with Crippen LogP contribution >= 0.6 is 0 Å². The Morgan fingerprint density at radius 2 is 2.00 bits per heavy atom. The van der Waals surface area contributed by atoms with Gasteiger partial charge in [0.1, 0.15) is 16.7 Å². The van der Waals surface area contributed by atoms with Crippen LogP contribution in [0.3, 0.4) is 0 Å². The van der Waals surface area contributed by atoms with Crippen LogP contribution in [0.1, 0.15) is 11.3 Å². The van der Waals surface area contributed by atoms with Crippen molar-refractivity contribution in [3.8, 4) is 5.75 Å². The number of aliphatic hydroxyl groups excluding tert-OH is 1. The standard InChI is InChI=1S/C15H13N3O3/c1-9-7-13-16-8-12(15(20)18(13)17-9)14(19)10-3-5-11(21-2)6-4-10/h3-8,19H,1-2H3/b14-12+. The second-order valence-corrected chi connectivity index (χ2v) is 4.61. The molecule has 1 aromatic carbocycles. The lowest BCUT2D eigenvalue weighted by Crippen LogP contribution is -2.34. The van der Waals surface area contributed by atoms with E-state index in [0.717, 1.165) is 0 Å². The van der Waals surface area contributed by atoms with Gasteiger partial charge in [0, 0.05) is 17.8 Å². The number of benzene rings is 1. The first kappa shape index (κ1) is 13.1. The minimum atomic E-state index is -0.401. The fourth-order valence-corrected chi connectivity index (χ4v) is 2.09. The van der Waals surface area contributed by atoms with Gasteiger partial charge in [-0.25, -0.2) is 4.98 Å². The van der Waals surface area contributed by atoms with Gasteiger partial charge in [-0.2, -0.15) is 9.61 Å². The molecule has 106 valence electrons. The summed E-state index contributed by atoms with van der Waals surface area (Å²) >= 11 is 0. The summed E-state index contributed by atoms with van der Waals surface area (Å²) in [7, 11) is 1.56. The van der Waals surface area contributed by atoms with Gasteiger partial charge in [0.05, 0.1) is 12.8 Å². The average molecular weight is 283 g/mol. The van der Waals surface area contributed by atoms with Gasteiger partial charge in [-0.1, -0.05) is 0 Å². The summed E-state index contributed by atoms with van der Waals surface area (Å²) in [5.41, 5.74) is 1.27. The van der Waals surface area contributed by atoms with Crippen molar-refractivity contribution in [1.82, 2.24) is 14.6 Å². The van der Waals surface area contributed by atoms with E-state index in [9.17, 15) is 9.90 Å². The molecule has 1 N–H and O–H groups in total. The van der Waals surface area contributed by atoms with E-state index < -0.39 is 5.56 Å².